The first-order valence-electron chi connectivity index (χ1n) is 10.6. The quantitative estimate of drug-likeness (QED) is 0.410. The molecule has 2 unspecified atom stereocenters. The van der Waals surface area contributed by atoms with Crippen LogP contribution in [0.3, 0.4) is 0 Å². The predicted molar refractivity (Wildman–Crippen MR) is 123 cm³/mol. The molecule has 1 fully saturated rings. The van der Waals surface area contributed by atoms with Crippen LogP contribution in [-0.4, -0.2) is 36.1 Å². The van der Waals surface area contributed by atoms with E-state index in [0.717, 1.165) is 11.1 Å². The summed E-state index contributed by atoms with van der Waals surface area (Å²) < 4.78 is 10.8. The van der Waals surface area contributed by atoms with Crippen LogP contribution in [0.2, 0.25) is 0 Å². The van der Waals surface area contributed by atoms with Crippen molar-refractivity contribution in [2.24, 2.45) is 11.1 Å². The minimum absolute atomic E-state index is 0.202. The molecule has 1 aliphatic heterocycles. The fourth-order valence-corrected chi connectivity index (χ4v) is 4.07. The number of hydroxylamine groups is 2. The fraction of sp³-hybridized carbons (Fsp3) is 0.231. The number of hydrogen-bond donors (Lipinski definition) is 1. The molecule has 0 radical (unpaired) electrons. The van der Waals surface area contributed by atoms with Crippen LogP contribution in [-0.2, 0) is 22.7 Å². The molecule has 33 heavy (non-hydrogen) atoms. The Kier molecular flexibility index (Phi) is 6.90. The zero-order valence-corrected chi connectivity index (χ0v) is 18.5. The summed E-state index contributed by atoms with van der Waals surface area (Å²) in [6.45, 7) is 0.202. The van der Waals surface area contributed by atoms with Crippen molar-refractivity contribution in [2.45, 2.75) is 19.1 Å². The van der Waals surface area contributed by atoms with E-state index in [-0.39, 0.29) is 12.5 Å². The number of methoxy groups -OCH3 is 2. The lowest BCUT2D eigenvalue weighted by atomic mass is 9.92. The van der Waals surface area contributed by atoms with Crippen LogP contribution < -0.4 is 9.47 Å². The maximum Gasteiger partial charge on any atom is 0.256 e. The molecule has 1 saturated heterocycles. The third-order valence-corrected chi connectivity index (χ3v) is 5.72. The Morgan fingerprint density at radius 3 is 2.12 bits per heavy atom. The zero-order chi connectivity index (χ0) is 23.2. The molecule has 0 saturated carbocycles. The summed E-state index contributed by atoms with van der Waals surface area (Å²) >= 11 is 0. The van der Waals surface area contributed by atoms with Crippen molar-refractivity contribution in [1.29, 1.82) is 0 Å². The molecule has 7 heteroatoms. The van der Waals surface area contributed by atoms with E-state index in [0.29, 0.717) is 29.2 Å². The van der Waals surface area contributed by atoms with Crippen LogP contribution in [0.4, 0.5) is 0 Å². The second-order valence-corrected chi connectivity index (χ2v) is 7.71. The fourth-order valence-electron chi connectivity index (χ4n) is 4.07. The van der Waals surface area contributed by atoms with E-state index in [9.17, 15) is 10.0 Å². The molecule has 1 amide bonds. The minimum atomic E-state index is -0.709. The molecular formula is C26H26N2O5. The van der Waals surface area contributed by atoms with E-state index >= 15 is 0 Å². The number of hydrogen-bond acceptors (Lipinski definition) is 6. The number of nitrogens with zero attached hydrogens (tertiary/aromatic N) is 2. The van der Waals surface area contributed by atoms with Crippen molar-refractivity contribution in [2.75, 3.05) is 14.2 Å². The lowest BCUT2D eigenvalue weighted by Crippen LogP contribution is -2.30. The van der Waals surface area contributed by atoms with E-state index in [2.05, 4.69) is 5.16 Å². The number of oxime groups is 1. The Labute approximate surface area is 192 Å². The Bertz CT molecular complexity index is 1120. The lowest BCUT2D eigenvalue weighted by molar-refractivity contribution is -0.195. The Balaban J connectivity index is 1.71. The average molecular weight is 447 g/mol. The van der Waals surface area contributed by atoms with Crippen LogP contribution in [0.25, 0.3) is 0 Å². The van der Waals surface area contributed by atoms with Gasteiger partial charge in [-0.3, -0.25) is 9.63 Å². The van der Waals surface area contributed by atoms with Gasteiger partial charge in [-0.15, -0.1) is 0 Å². The number of carbonyl (C=O) groups excluding carboxylic acids is 1. The van der Waals surface area contributed by atoms with E-state index in [1.54, 1.807) is 26.4 Å². The van der Waals surface area contributed by atoms with Gasteiger partial charge in [0.05, 0.1) is 25.8 Å². The van der Waals surface area contributed by atoms with Gasteiger partial charge in [0.2, 0.25) is 0 Å². The van der Waals surface area contributed by atoms with Crippen molar-refractivity contribution >= 4 is 11.6 Å². The SMILES string of the molecule is COc1ccc(C2C(=NO)C(Cc3ccccc3)C(=O)N2OCc2ccccc2)cc1OC. The van der Waals surface area contributed by atoms with Crippen LogP contribution in [0.5, 0.6) is 11.5 Å². The van der Waals surface area contributed by atoms with Crippen molar-refractivity contribution in [3.05, 3.63) is 95.6 Å². The van der Waals surface area contributed by atoms with Crippen LogP contribution in [0.15, 0.2) is 84.0 Å². The summed E-state index contributed by atoms with van der Waals surface area (Å²) in [4.78, 5) is 19.5. The second-order valence-electron chi connectivity index (χ2n) is 7.71. The van der Waals surface area contributed by atoms with Gasteiger partial charge < -0.3 is 14.7 Å². The van der Waals surface area contributed by atoms with Gasteiger partial charge >= 0.3 is 0 Å². The highest BCUT2D eigenvalue weighted by Crippen LogP contribution is 2.39. The Morgan fingerprint density at radius 2 is 1.52 bits per heavy atom. The summed E-state index contributed by atoms with van der Waals surface area (Å²) in [6.07, 6.45) is 0.397. The first kappa shape index (κ1) is 22.4. The first-order chi connectivity index (χ1) is 16.2. The summed E-state index contributed by atoms with van der Waals surface area (Å²) in [5, 5.41) is 14.9. The average Bonchev–Trinajstić information content (AvgIpc) is 3.13. The minimum Gasteiger partial charge on any atom is -0.493 e. The summed E-state index contributed by atoms with van der Waals surface area (Å²) in [5.41, 5.74) is 2.90. The van der Waals surface area contributed by atoms with E-state index in [1.165, 1.54) is 5.06 Å². The van der Waals surface area contributed by atoms with Crippen LogP contribution in [0, 0.1) is 5.92 Å². The molecule has 4 rings (SSSR count). The number of carbonyl (C=O) groups is 1. The first-order valence-corrected chi connectivity index (χ1v) is 10.6. The van der Waals surface area contributed by atoms with Gasteiger partial charge in [-0.25, -0.2) is 5.06 Å². The molecule has 7 nitrogen and oxygen atoms in total. The summed E-state index contributed by atoms with van der Waals surface area (Å²) in [7, 11) is 3.10. The smallest absolute Gasteiger partial charge is 0.256 e. The third kappa shape index (κ3) is 4.68. The molecule has 3 aromatic rings. The van der Waals surface area contributed by atoms with Gasteiger partial charge in [-0.1, -0.05) is 71.9 Å². The van der Waals surface area contributed by atoms with Gasteiger partial charge in [0.15, 0.2) is 11.5 Å². The molecule has 0 spiro atoms. The van der Waals surface area contributed by atoms with Crippen molar-refractivity contribution in [3.63, 3.8) is 0 Å². The zero-order valence-electron chi connectivity index (χ0n) is 18.5. The molecular weight excluding hydrogens is 420 g/mol. The molecule has 3 aromatic carbocycles. The Hall–Kier alpha value is -3.84. The molecule has 0 aromatic heterocycles. The molecule has 0 bridgehead atoms. The highest BCUT2D eigenvalue weighted by molar-refractivity contribution is 6.12. The van der Waals surface area contributed by atoms with E-state index in [1.807, 2.05) is 66.7 Å². The molecule has 170 valence electrons. The molecule has 1 aliphatic rings. The van der Waals surface area contributed by atoms with Gasteiger partial charge in [0.1, 0.15) is 12.6 Å². The number of rotatable bonds is 8. The summed E-state index contributed by atoms with van der Waals surface area (Å²) in [6, 6.07) is 23.9. The van der Waals surface area contributed by atoms with E-state index < -0.39 is 12.0 Å². The normalized spacial score (nSPS) is 19.2. The molecule has 2 atom stereocenters. The van der Waals surface area contributed by atoms with E-state index in [4.69, 9.17) is 14.3 Å². The second kappa shape index (κ2) is 10.2. The van der Waals surface area contributed by atoms with Crippen molar-refractivity contribution in [1.82, 2.24) is 5.06 Å². The van der Waals surface area contributed by atoms with Gasteiger partial charge in [0, 0.05) is 0 Å². The monoisotopic (exact) mass is 446 g/mol. The van der Waals surface area contributed by atoms with Crippen molar-refractivity contribution in [3.8, 4) is 11.5 Å². The van der Waals surface area contributed by atoms with Crippen LogP contribution >= 0.6 is 0 Å². The van der Waals surface area contributed by atoms with Gasteiger partial charge in [-0.2, -0.15) is 0 Å². The highest BCUT2D eigenvalue weighted by Gasteiger charge is 2.48. The largest absolute Gasteiger partial charge is 0.493 e. The number of amides is 1. The van der Waals surface area contributed by atoms with Gasteiger partial charge in [-0.05, 0) is 35.2 Å². The lowest BCUT2D eigenvalue weighted by Gasteiger charge is -2.24. The standard InChI is InChI=1S/C26H26N2O5/c1-31-22-14-13-20(16-23(22)32-2)25-24(27-30)21(15-18-9-5-3-6-10-18)26(29)28(25)33-17-19-11-7-4-8-12-19/h3-14,16,21,25,30H,15,17H2,1-2H3. The third-order valence-electron chi connectivity index (χ3n) is 5.72. The number of ether oxygens (including phenoxy) is 2. The van der Waals surface area contributed by atoms with Crippen LogP contribution in [0.1, 0.15) is 22.7 Å². The molecule has 1 heterocycles. The molecule has 1 N–H and O–H groups in total. The van der Waals surface area contributed by atoms with Gasteiger partial charge in [0.25, 0.3) is 5.91 Å². The summed E-state index contributed by atoms with van der Waals surface area (Å²) in [5.74, 6) is 0.147. The topological polar surface area (TPSA) is 80.6 Å². The maximum absolute atomic E-state index is 13.5. The Morgan fingerprint density at radius 1 is 0.879 bits per heavy atom. The molecule has 0 aliphatic carbocycles. The maximum atomic E-state index is 13.5. The predicted octanol–water partition coefficient (Wildman–Crippen LogP) is 4.41. The van der Waals surface area contributed by atoms with Crippen molar-refractivity contribution < 1.29 is 24.3 Å². The highest BCUT2D eigenvalue weighted by atomic mass is 16.7. The number of benzene rings is 3.